The molecule has 6 nitrogen and oxygen atoms in total. The van der Waals surface area contributed by atoms with Gasteiger partial charge in [0.05, 0.1) is 17.2 Å². The fraction of sp³-hybridized carbons (Fsp3) is 0.238. The molecule has 0 saturated carbocycles. The number of piperazine rings is 1. The average molecular weight is 357 g/mol. The minimum Gasteiger partial charge on any atom is -0.352 e. The summed E-state index contributed by atoms with van der Waals surface area (Å²) in [7, 11) is 0. The lowest BCUT2D eigenvalue weighted by atomic mass is 10.1. The Morgan fingerprint density at radius 2 is 2.07 bits per heavy atom. The molecule has 1 atom stereocenters. The molecular formula is C21H19N5O. The molecule has 1 aromatic carbocycles. The van der Waals surface area contributed by atoms with Gasteiger partial charge >= 0.3 is 0 Å². The highest BCUT2D eigenvalue weighted by Crippen LogP contribution is 2.21. The fourth-order valence-electron chi connectivity index (χ4n) is 3.19. The van der Waals surface area contributed by atoms with Gasteiger partial charge in [-0.2, -0.15) is 10.5 Å². The van der Waals surface area contributed by atoms with Crippen molar-refractivity contribution in [2.75, 3.05) is 24.5 Å². The van der Waals surface area contributed by atoms with Gasteiger partial charge in [0, 0.05) is 37.9 Å². The van der Waals surface area contributed by atoms with Crippen molar-refractivity contribution < 1.29 is 4.79 Å². The normalized spacial score (nSPS) is 16.8. The van der Waals surface area contributed by atoms with Crippen LogP contribution in [0.15, 0.2) is 48.7 Å². The Morgan fingerprint density at radius 1 is 1.22 bits per heavy atom. The van der Waals surface area contributed by atoms with Crippen LogP contribution in [-0.4, -0.2) is 41.5 Å². The first-order valence-corrected chi connectivity index (χ1v) is 8.71. The summed E-state index contributed by atoms with van der Waals surface area (Å²) in [5, 5.41) is 18.2. The third-order valence-electron chi connectivity index (χ3n) is 4.55. The van der Waals surface area contributed by atoms with Crippen LogP contribution in [0.1, 0.15) is 23.6 Å². The van der Waals surface area contributed by atoms with Gasteiger partial charge in [0.2, 0.25) is 5.91 Å². The van der Waals surface area contributed by atoms with Crippen molar-refractivity contribution in [3.8, 4) is 12.1 Å². The standard InChI is InChI=1S/C21H19N5O/c1-16-15-25(21-19(14-23)6-3-9-24-21)10-11-26(16)20(27)8-7-17-4-2-5-18(12-17)13-22/h2-9,12,16H,10-11,15H2,1H3. The van der Waals surface area contributed by atoms with Crippen LogP contribution in [0.5, 0.6) is 0 Å². The highest BCUT2D eigenvalue weighted by atomic mass is 16.2. The van der Waals surface area contributed by atoms with Gasteiger partial charge in [0.15, 0.2) is 0 Å². The number of hydrogen-bond acceptors (Lipinski definition) is 5. The Kier molecular flexibility index (Phi) is 5.49. The number of benzene rings is 1. The van der Waals surface area contributed by atoms with Gasteiger partial charge in [-0.05, 0) is 42.8 Å². The molecule has 0 spiro atoms. The number of carbonyl (C=O) groups is 1. The third kappa shape index (κ3) is 4.13. The molecule has 2 heterocycles. The molecule has 0 aliphatic carbocycles. The van der Waals surface area contributed by atoms with E-state index in [4.69, 9.17) is 5.26 Å². The van der Waals surface area contributed by atoms with Crippen LogP contribution in [-0.2, 0) is 4.79 Å². The Morgan fingerprint density at radius 3 is 2.81 bits per heavy atom. The number of nitriles is 2. The van der Waals surface area contributed by atoms with E-state index in [-0.39, 0.29) is 11.9 Å². The maximum absolute atomic E-state index is 12.6. The monoisotopic (exact) mass is 357 g/mol. The summed E-state index contributed by atoms with van der Waals surface area (Å²) < 4.78 is 0. The lowest BCUT2D eigenvalue weighted by Gasteiger charge is -2.40. The van der Waals surface area contributed by atoms with E-state index in [1.165, 1.54) is 0 Å². The molecule has 3 rings (SSSR count). The first-order valence-electron chi connectivity index (χ1n) is 8.71. The van der Waals surface area contributed by atoms with Crippen LogP contribution >= 0.6 is 0 Å². The topological polar surface area (TPSA) is 84.0 Å². The van der Waals surface area contributed by atoms with Crippen molar-refractivity contribution in [3.63, 3.8) is 0 Å². The second-order valence-electron chi connectivity index (χ2n) is 6.38. The number of rotatable bonds is 3. The molecule has 1 aliphatic heterocycles. The molecule has 1 fully saturated rings. The SMILES string of the molecule is CC1CN(c2ncccc2C#N)CCN1C(=O)C=Cc1cccc(C#N)c1. The number of anilines is 1. The fourth-order valence-corrected chi connectivity index (χ4v) is 3.19. The molecule has 0 N–H and O–H groups in total. The number of nitrogens with zero attached hydrogens (tertiary/aromatic N) is 5. The molecule has 1 saturated heterocycles. The highest BCUT2D eigenvalue weighted by Gasteiger charge is 2.27. The summed E-state index contributed by atoms with van der Waals surface area (Å²) in [4.78, 5) is 20.8. The molecule has 0 bridgehead atoms. The molecule has 27 heavy (non-hydrogen) atoms. The second-order valence-corrected chi connectivity index (χ2v) is 6.38. The number of aromatic nitrogens is 1. The molecule has 1 aliphatic rings. The average Bonchev–Trinajstić information content (AvgIpc) is 2.72. The zero-order valence-electron chi connectivity index (χ0n) is 15.0. The zero-order chi connectivity index (χ0) is 19.2. The van der Waals surface area contributed by atoms with Gasteiger partial charge in [-0.3, -0.25) is 4.79 Å². The van der Waals surface area contributed by atoms with Gasteiger partial charge in [-0.25, -0.2) is 4.98 Å². The Labute approximate surface area is 158 Å². The third-order valence-corrected chi connectivity index (χ3v) is 4.55. The molecule has 6 heteroatoms. The highest BCUT2D eigenvalue weighted by molar-refractivity contribution is 5.92. The van der Waals surface area contributed by atoms with Crippen molar-refractivity contribution in [2.24, 2.45) is 0 Å². The second kappa shape index (κ2) is 8.16. The molecule has 1 amide bonds. The first kappa shape index (κ1) is 18.2. The van der Waals surface area contributed by atoms with Crippen molar-refractivity contribution >= 4 is 17.8 Å². The molecule has 134 valence electrons. The van der Waals surface area contributed by atoms with Gasteiger partial charge < -0.3 is 9.80 Å². The van der Waals surface area contributed by atoms with E-state index in [9.17, 15) is 10.1 Å². The largest absolute Gasteiger partial charge is 0.352 e. The van der Waals surface area contributed by atoms with E-state index in [2.05, 4.69) is 17.1 Å². The Balaban J connectivity index is 1.67. The lowest BCUT2D eigenvalue weighted by Crippen LogP contribution is -2.54. The maximum atomic E-state index is 12.6. The maximum Gasteiger partial charge on any atom is 0.246 e. The predicted molar refractivity (Wildman–Crippen MR) is 103 cm³/mol. The number of hydrogen-bond donors (Lipinski definition) is 0. The van der Waals surface area contributed by atoms with E-state index in [1.54, 1.807) is 48.7 Å². The quantitative estimate of drug-likeness (QED) is 0.788. The number of pyridine rings is 1. The van der Waals surface area contributed by atoms with Crippen molar-refractivity contribution in [1.82, 2.24) is 9.88 Å². The van der Waals surface area contributed by atoms with Gasteiger partial charge in [0.25, 0.3) is 0 Å². The molecule has 1 aromatic heterocycles. The Bertz CT molecular complexity index is 954. The van der Waals surface area contributed by atoms with Crippen LogP contribution in [0, 0.1) is 22.7 Å². The molecule has 2 aromatic rings. The van der Waals surface area contributed by atoms with Crippen LogP contribution < -0.4 is 4.90 Å². The van der Waals surface area contributed by atoms with Gasteiger partial charge in [-0.1, -0.05) is 12.1 Å². The molecule has 1 unspecified atom stereocenters. The summed E-state index contributed by atoms with van der Waals surface area (Å²) in [6.45, 7) is 3.79. The van der Waals surface area contributed by atoms with E-state index in [1.807, 2.05) is 22.8 Å². The predicted octanol–water partition coefficient (Wildman–Crippen LogP) is 2.58. The minimum absolute atomic E-state index is 0.00473. The van der Waals surface area contributed by atoms with E-state index >= 15 is 0 Å². The molecule has 0 radical (unpaired) electrons. The van der Waals surface area contributed by atoms with Crippen molar-refractivity contribution in [1.29, 1.82) is 10.5 Å². The summed E-state index contributed by atoms with van der Waals surface area (Å²) in [6, 6.07) is 14.9. The molecular weight excluding hydrogens is 338 g/mol. The van der Waals surface area contributed by atoms with E-state index in [0.717, 1.165) is 5.56 Å². The Hall–Kier alpha value is -3.64. The summed E-state index contributed by atoms with van der Waals surface area (Å²) in [5.41, 5.74) is 1.93. The summed E-state index contributed by atoms with van der Waals surface area (Å²) in [5.74, 6) is 0.605. The minimum atomic E-state index is -0.0639. The summed E-state index contributed by atoms with van der Waals surface area (Å²) in [6.07, 6.45) is 4.95. The van der Waals surface area contributed by atoms with E-state index in [0.29, 0.717) is 36.6 Å². The first-order chi connectivity index (χ1) is 13.1. The lowest BCUT2D eigenvalue weighted by molar-refractivity contribution is -0.128. The van der Waals surface area contributed by atoms with Crippen LogP contribution in [0.4, 0.5) is 5.82 Å². The van der Waals surface area contributed by atoms with Gasteiger partial charge in [0.1, 0.15) is 11.9 Å². The van der Waals surface area contributed by atoms with Crippen molar-refractivity contribution in [3.05, 3.63) is 65.4 Å². The van der Waals surface area contributed by atoms with Crippen LogP contribution in [0.3, 0.4) is 0 Å². The van der Waals surface area contributed by atoms with Crippen molar-refractivity contribution in [2.45, 2.75) is 13.0 Å². The smallest absolute Gasteiger partial charge is 0.246 e. The number of amides is 1. The summed E-state index contributed by atoms with van der Waals surface area (Å²) >= 11 is 0. The number of carbonyl (C=O) groups excluding carboxylic acids is 1. The van der Waals surface area contributed by atoms with E-state index < -0.39 is 0 Å². The van der Waals surface area contributed by atoms with Gasteiger partial charge in [-0.15, -0.1) is 0 Å². The van der Waals surface area contributed by atoms with Crippen LogP contribution in [0.25, 0.3) is 6.08 Å². The van der Waals surface area contributed by atoms with Crippen LogP contribution in [0.2, 0.25) is 0 Å². The zero-order valence-corrected chi connectivity index (χ0v) is 15.0.